The molecule has 0 radical (unpaired) electrons. The molecule has 0 unspecified atom stereocenters. The Balaban J connectivity index is 3.39. The highest BCUT2D eigenvalue weighted by atomic mass is 16.1. The molecule has 0 heterocycles. The molecule has 1 rings (SSSR count). The molecule has 0 fully saturated rings. The van der Waals surface area contributed by atoms with Crippen LogP contribution in [0.25, 0.3) is 0 Å². The first-order valence-electron chi connectivity index (χ1n) is 6.24. The minimum atomic E-state index is -0.746. The van der Waals surface area contributed by atoms with Crippen LogP contribution < -0.4 is 11.1 Å². The zero-order valence-corrected chi connectivity index (χ0v) is 12.5. The van der Waals surface area contributed by atoms with Gasteiger partial charge in [-0.25, -0.2) is 0 Å². The Bertz CT molecular complexity index is 473. The second-order valence-corrected chi connectivity index (χ2v) is 5.61. The molecule has 1 aromatic carbocycles. The first-order chi connectivity index (χ1) is 8.09. The number of carbonyl (C=O) groups excluding carboxylic acids is 1. The molecule has 0 spiro atoms. The SMILES string of the molecule is Cc1c(C)c(C)c(NC(C)(C)C(N)=O)c(C)c1C. The second-order valence-electron chi connectivity index (χ2n) is 5.61. The van der Waals surface area contributed by atoms with E-state index in [4.69, 9.17) is 5.73 Å². The van der Waals surface area contributed by atoms with Crippen LogP contribution in [-0.2, 0) is 4.79 Å². The summed E-state index contributed by atoms with van der Waals surface area (Å²) in [6, 6.07) is 0. The normalized spacial score (nSPS) is 11.5. The van der Waals surface area contributed by atoms with Crippen molar-refractivity contribution in [3.05, 3.63) is 27.8 Å². The largest absolute Gasteiger partial charge is 0.371 e. The first kappa shape index (κ1) is 14.6. The van der Waals surface area contributed by atoms with Crippen molar-refractivity contribution < 1.29 is 4.79 Å². The Kier molecular flexibility index (Phi) is 3.75. The van der Waals surface area contributed by atoms with Crippen LogP contribution in [-0.4, -0.2) is 11.4 Å². The number of nitrogens with two attached hydrogens (primary N) is 1. The highest BCUT2D eigenvalue weighted by molar-refractivity contribution is 5.87. The fourth-order valence-electron chi connectivity index (χ4n) is 2.06. The molecular weight excluding hydrogens is 224 g/mol. The average Bonchev–Trinajstić information content (AvgIpc) is 2.29. The summed E-state index contributed by atoms with van der Waals surface area (Å²) in [5.74, 6) is -0.350. The number of rotatable bonds is 3. The van der Waals surface area contributed by atoms with Crippen molar-refractivity contribution in [3.63, 3.8) is 0 Å². The molecule has 1 amide bonds. The lowest BCUT2D eigenvalue weighted by atomic mass is 9.91. The van der Waals surface area contributed by atoms with E-state index in [0.717, 1.165) is 5.69 Å². The van der Waals surface area contributed by atoms with Crippen LogP contribution in [0.3, 0.4) is 0 Å². The van der Waals surface area contributed by atoms with Gasteiger partial charge < -0.3 is 11.1 Å². The number of hydrogen-bond acceptors (Lipinski definition) is 2. The van der Waals surface area contributed by atoms with E-state index in [-0.39, 0.29) is 5.91 Å². The van der Waals surface area contributed by atoms with E-state index in [2.05, 4.69) is 39.9 Å². The molecule has 0 bridgehead atoms. The van der Waals surface area contributed by atoms with Gasteiger partial charge in [-0.05, 0) is 76.3 Å². The maximum Gasteiger partial charge on any atom is 0.242 e. The highest BCUT2D eigenvalue weighted by Gasteiger charge is 2.26. The lowest BCUT2D eigenvalue weighted by Gasteiger charge is -2.28. The van der Waals surface area contributed by atoms with Gasteiger partial charge in [-0.15, -0.1) is 0 Å². The zero-order valence-electron chi connectivity index (χ0n) is 12.5. The van der Waals surface area contributed by atoms with E-state index >= 15 is 0 Å². The lowest BCUT2D eigenvalue weighted by Crippen LogP contribution is -2.45. The van der Waals surface area contributed by atoms with E-state index in [0.29, 0.717) is 0 Å². The number of hydrogen-bond donors (Lipinski definition) is 2. The number of anilines is 1. The molecule has 0 aliphatic rings. The first-order valence-corrected chi connectivity index (χ1v) is 6.24. The molecule has 0 atom stereocenters. The third-order valence-corrected chi connectivity index (χ3v) is 4.05. The standard InChI is InChI=1S/C15H24N2O/c1-8-9(2)11(4)13(12(5)10(8)3)17-15(6,7)14(16)18/h17H,1-7H3,(H2,16,18). The summed E-state index contributed by atoms with van der Waals surface area (Å²) in [4.78, 5) is 11.4. The molecule has 3 heteroatoms. The molecule has 100 valence electrons. The van der Waals surface area contributed by atoms with Gasteiger partial charge in [0.1, 0.15) is 5.54 Å². The van der Waals surface area contributed by atoms with Crippen LogP contribution in [0.4, 0.5) is 5.69 Å². The molecule has 0 saturated heterocycles. The van der Waals surface area contributed by atoms with Crippen LogP contribution in [0, 0.1) is 34.6 Å². The Hall–Kier alpha value is -1.51. The summed E-state index contributed by atoms with van der Waals surface area (Å²) >= 11 is 0. The van der Waals surface area contributed by atoms with Gasteiger partial charge in [0.15, 0.2) is 0 Å². The van der Waals surface area contributed by atoms with E-state index < -0.39 is 5.54 Å². The second kappa shape index (κ2) is 4.63. The molecule has 3 nitrogen and oxygen atoms in total. The third kappa shape index (κ3) is 2.35. The van der Waals surface area contributed by atoms with Crippen LogP contribution in [0.15, 0.2) is 0 Å². The van der Waals surface area contributed by atoms with Gasteiger partial charge >= 0.3 is 0 Å². The topological polar surface area (TPSA) is 55.1 Å². The monoisotopic (exact) mass is 248 g/mol. The van der Waals surface area contributed by atoms with E-state index in [1.165, 1.54) is 27.8 Å². The van der Waals surface area contributed by atoms with Gasteiger partial charge in [-0.3, -0.25) is 4.79 Å². The molecular formula is C15H24N2O. The fourth-order valence-corrected chi connectivity index (χ4v) is 2.06. The van der Waals surface area contributed by atoms with Gasteiger partial charge in [0.05, 0.1) is 0 Å². The van der Waals surface area contributed by atoms with E-state index in [1.54, 1.807) is 13.8 Å². The molecule has 0 saturated carbocycles. The summed E-state index contributed by atoms with van der Waals surface area (Å²) in [6.07, 6.45) is 0. The number of benzene rings is 1. The number of primary amides is 1. The van der Waals surface area contributed by atoms with Gasteiger partial charge in [-0.1, -0.05) is 0 Å². The third-order valence-electron chi connectivity index (χ3n) is 4.05. The Labute approximate surface area is 110 Å². The fraction of sp³-hybridized carbons (Fsp3) is 0.533. The average molecular weight is 248 g/mol. The quantitative estimate of drug-likeness (QED) is 0.864. The van der Waals surface area contributed by atoms with Crippen LogP contribution in [0.2, 0.25) is 0 Å². The summed E-state index contributed by atoms with van der Waals surface area (Å²) in [6.45, 7) is 14.1. The Morgan fingerprint density at radius 3 is 1.56 bits per heavy atom. The minimum Gasteiger partial charge on any atom is -0.371 e. The predicted molar refractivity (Wildman–Crippen MR) is 77.0 cm³/mol. The summed E-state index contributed by atoms with van der Waals surface area (Å²) in [5.41, 5.74) is 11.9. The highest BCUT2D eigenvalue weighted by Crippen LogP contribution is 2.31. The van der Waals surface area contributed by atoms with Gasteiger partial charge in [0, 0.05) is 5.69 Å². The van der Waals surface area contributed by atoms with Crippen molar-refractivity contribution in [1.29, 1.82) is 0 Å². The molecule has 3 N–H and O–H groups in total. The molecule has 18 heavy (non-hydrogen) atoms. The zero-order chi connectivity index (χ0) is 14.2. The molecule has 0 aliphatic heterocycles. The van der Waals surface area contributed by atoms with Crippen LogP contribution in [0.5, 0.6) is 0 Å². The van der Waals surface area contributed by atoms with Crippen molar-refractivity contribution in [2.24, 2.45) is 5.73 Å². The van der Waals surface area contributed by atoms with E-state index in [9.17, 15) is 4.79 Å². The Morgan fingerprint density at radius 2 is 1.22 bits per heavy atom. The van der Waals surface area contributed by atoms with Crippen molar-refractivity contribution in [2.75, 3.05) is 5.32 Å². The van der Waals surface area contributed by atoms with Gasteiger partial charge in [0.2, 0.25) is 5.91 Å². The Morgan fingerprint density at radius 1 is 0.889 bits per heavy atom. The smallest absolute Gasteiger partial charge is 0.242 e. The van der Waals surface area contributed by atoms with Gasteiger partial charge in [0.25, 0.3) is 0 Å². The van der Waals surface area contributed by atoms with Crippen molar-refractivity contribution in [1.82, 2.24) is 0 Å². The van der Waals surface area contributed by atoms with Crippen LogP contribution >= 0.6 is 0 Å². The van der Waals surface area contributed by atoms with Crippen molar-refractivity contribution in [2.45, 2.75) is 54.0 Å². The number of amides is 1. The maximum atomic E-state index is 11.4. The lowest BCUT2D eigenvalue weighted by molar-refractivity contribution is -0.121. The minimum absolute atomic E-state index is 0.350. The summed E-state index contributed by atoms with van der Waals surface area (Å²) in [5, 5.41) is 3.29. The van der Waals surface area contributed by atoms with Crippen LogP contribution in [0.1, 0.15) is 41.7 Å². The molecule has 0 aliphatic carbocycles. The predicted octanol–water partition coefficient (Wildman–Crippen LogP) is 2.90. The number of nitrogens with one attached hydrogen (secondary N) is 1. The molecule has 1 aromatic rings. The maximum absolute atomic E-state index is 11.4. The van der Waals surface area contributed by atoms with Gasteiger partial charge in [-0.2, -0.15) is 0 Å². The molecule has 0 aromatic heterocycles. The van der Waals surface area contributed by atoms with E-state index in [1.807, 2.05) is 0 Å². The number of carbonyl (C=O) groups is 1. The van der Waals surface area contributed by atoms with Crippen molar-refractivity contribution >= 4 is 11.6 Å². The summed E-state index contributed by atoms with van der Waals surface area (Å²) < 4.78 is 0. The van der Waals surface area contributed by atoms with Crippen molar-refractivity contribution in [3.8, 4) is 0 Å². The summed E-state index contributed by atoms with van der Waals surface area (Å²) in [7, 11) is 0.